The highest BCUT2D eigenvalue weighted by Gasteiger charge is 2.31. The number of hydrogen-bond donors (Lipinski definition) is 1. The first kappa shape index (κ1) is 17.7. The highest BCUT2D eigenvalue weighted by atomic mass is 19.4. The molecule has 1 aromatic heterocycles. The molecule has 0 aliphatic heterocycles. The third-order valence-corrected chi connectivity index (χ3v) is 3.92. The fourth-order valence-corrected chi connectivity index (χ4v) is 2.40. The van der Waals surface area contributed by atoms with Crippen molar-refractivity contribution in [3.05, 3.63) is 71.0 Å². The molecule has 0 unspecified atom stereocenters. The Bertz CT molecular complexity index is 950. The number of aryl methyl sites for hydroxylation is 2. The van der Waals surface area contributed by atoms with E-state index in [2.05, 4.69) is 15.5 Å². The topological polar surface area (TPSA) is 59.8 Å². The molecule has 1 heterocycles. The summed E-state index contributed by atoms with van der Waals surface area (Å²) in [5, 5.41) is 10.2. The lowest BCUT2D eigenvalue weighted by Crippen LogP contribution is -2.14. The minimum atomic E-state index is -4.57. The van der Waals surface area contributed by atoms with Crippen LogP contribution in [0, 0.1) is 13.8 Å². The van der Waals surface area contributed by atoms with Crippen molar-refractivity contribution in [1.29, 1.82) is 0 Å². The predicted molar refractivity (Wildman–Crippen MR) is 90.2 cm³/mol. The Balaban J connectivity index is 1.97. The zero-order valence-electron chi connectivity index (χ0n) is 14.0. The molecule has 0 saturated carbocycles. The maximum Gasteiger partial charge on any atom is 0.416 e. The lowest BCUT2D eigenvalue weighted by Gasteiger charge is -2.13. The van der Waals surface area contributed by atoms with Gasteiger partial charge in [-0.15, -0.1) is 0 Å². The largest absolute Gasteiger partial charge is 0.416 e. The summed E-state index contributed by atoms with van der Waals surface area (Å²) in [5.74, 6) is -0.494. The molecular formula is C18H15F3N4O. The van der Waals surface area contributed by atoms with Gasteiger partial charge in [0, 0.05) is 11.3 Å². The number of benzene rings is 2. The number of halogens is 3. The first-order valence-electron chi connectivity index (χ1n) is 7.71. The molecule has 0 bridgehead atoms. The first-order valence-corrected chi connectivity index (χ1v) is 7.71. The van der Waals surface area contributed by atoms with Gasteiger partial charge < -0.3 is 5.32 Å². The third-order valence-electron chi connectivity index (χ3n) is 3.92. The quantitative estimate of drug-likeness (QED) is 0.763. The van der Waals surface area contributed by atoms with Crippen LogP contribution >= 0.6 is 0 Å². The zero-order chi connectivity index (χ0) is 18.9. The van der Waals surface area contributed by atoms with Crippen LogP contribution in [0.25, 0.3) is 5.69 Å². The minimum Gasteiger partial charge on any atom is -0.322 e. The summed E-state index contributed by atoms with van der Waals surface area (Å²) in [6.07, 6.45) is -1.86. The lowest BCUT2D eigenvalue weighted by molar-refractivity contribution is -0.137. The molecule has 5 nitrogen and oxygen atoms in total. The SMILES string of the molecule is Cc1ccc(C(=O)Nc2cc(-n3nccn3)cc(C(F)(F)F)c2)cc1C. The first-order chi connectivity index (χ1) is 12.2. The average Bonchev–Trinajstić information content (AvgIpc) is 3.11. The molecule has 1 amide bonds. The van der Waals surface area contributed by atoms with Gasteiger partial charge in [-0.1, -0.05) is 6.07 Å². The molecule has 0 spiro atoms. The number of aromatic nitrogens is 3. The van der Waals surface area contributed by atoms with E-state index < -0.39 is 17.6 Å². The predicted octanol–water partition coefficient (Wildman–Crippen LogP) is 4.16. The molecule has 0 saturated heterocycles. The molecule has 26 heavy (non-hydrogen) atoms. The number of alkyl halides is 3. The number of carbonyl (C=O) groups excluding carboxylic acids is 1. The third kappa shape index (κ3) is 3.74. The number of nitrogens with one attached hydrogen (secondary N) is 1. The summed E-state index contributed by atoms with van der Waals surface area (Å²) < 4.78 is 39.6. The second-order valence-electron chi connectivity index (χ2n) is 5.84. The van der Waals surface area contributed by atoms with Crippen molar-refractivity contribution in [1.82, 2.24) is 15.0 Å². The Morgan fingerprint density at radius 1 is 1.00 bits per heavy atom. The minimum absolute atomic E-state index is 0.00959. The number of rotatable bonds is 3. The second kappa shape index (κ2) is 6.62. The standard InChI is InChI=1S/C18H15F3N4O/c1-11-3-4-13(7-12(11)2)17(26)24-15-8-14(18(19,20)21)9-16(10-15)25-22-5-6-23-25/h3-10H,1-2H3,(H,24,26). The fourth-order valence-electron chi connectivity index (χ4n) is 2.40. The van der Waals surface area contributed by atoms with Gasteiger partial charge >= 0.3 is 6.18 Å². The molecule has 0 aliphatic carbocycles. The van der Waals surface area contributed by atoms with Crippen molar-refractivity contribution in [2.45, 2.75) is 20.0 Å². The van der Waals surface area contributed by atoms with Crippen LogP contribution in [0.5, 0.6) is 0 Å². The summed E-state index contributed by atoms with van der Waals surface area (Å²) in [6.45, 7) is 3.77. The fraction of sp³-hybridized carbons (Fsp3) is 0.167. The molecule has 8 heteroatoms. The second-order valence-corrected chi connectivity index (χ2v) is 5.84. The van der Waals surface area contributed by atoms with E-state index in [0.29, 0.717) is 5.56 Å². The van der Waals surface area contributed by atoms with Crippen molar-refractivity contribution >= 4 is 11.6 Å². The number of amides is 1. The number of nitrogens with zero attached hydrogens (tertiary/aromatic N) is 3. The van der Waals surface area contributed by atoms with Crippen LogP contribution in [0.1, 0.15) is 27.0 Å². The summed E-state index contributed by atoms with van der Waals surface area (Å²) in [4.78, 5) is 13.5. The Morgan fingerprint density at radius 3 is 2.31 bits per heavy atom. The molecule has 2 aromatic carbocycles. The number of anilines is 1. The van der Waals surface area contributed by atoms with E-state index in [1.54, 1.807) is 18.2 Å². The highest BCUT2D eigenvalue weighted by molar-refractivity contribution is 6.04. The van der Waals surface area contributed by atoms with Crippen molar-refractivity contribution in [2.24, 2.45) is 0 Å². The Kier molecular flexibility index (Phi) is 4.50. The van der Waals surface area contributed by atoms with Gasteiger partial charge in [0.25, 0.3) is 5.91 Å². The average molecular weight is 360 g/mol. The summed E-state index contributed by atoms with van der Waals surface area (Å²) in [7, 11) is 0. The smallest absolute Gasteiger partial charge is 0.322 e. The van der Waals surface area contributed by atoms with Crippen LogP contribution in [0.2, 0.25) is 0 Å². The molecule has 134 valence electrons. The van der Waals surface area contributed by atoms with Crippen LogP contribution in [-0.2, 0) is 6.18 Å². The van der Waals surface area contributed by atoms with E-state index in [9.17, 15) is 18.0 Å². The zero-order valence-corrected chi connectivity index (χ0v) is 14.0. The van der Waals surface area contributed by atoms with Gasteiger partial charge in [0.2, 0.25) is 0 Å². The summed E-state index contributed by atoms with van der Waals surface area (Å²) >= 11 is 0. The summed E-state index contributed by atoms with van der Waals surface area (Å²) in [6, 6.07) is 8.29. The van der Waals surface area contributed by atoms with Gasteiger partial charge in [-0.2, -0.15) is 28.2 Å². The number of carbonyl (C=O) groups is 1. The molecule has 0 fully saturated rings. The van der Waals surface area contributed by atoms with Crippen molar-refractivity contribution < 1.29 is 18.0 Å². The van der Waals surface area contributed by atoms with Crippen molar-refractivity contribution in [3.63, 3.8) is 0 Å². The van der Waals surface area contributed by atoms with Crippen LogP contribution in [0.15, 0.2) is 48.8 Å². The van der Waals surface area contributed by atoms with Gasteiger partial charge in [-0.25, -0.2) is 0 Å². The van der Waals surface area contributed by atoms with Crippen molar-refractivity contribution in [3.8, 4) is 5.69 Å². The van der Waals surface area contributed by atoms with Crippen LogP contribution in [0.4, 0.5) is 18.9 Å². The van der Waals surface area contributed by atoms with Gasteiger partial charge in [-0.3, -0.25) is 4.79 Å². The van der Waals surface area contributed by atoms with E-state index in [1.807, 2.05) is 13.8 Å². The van der Waals surface area contributed by atoms with Gasteiger partial charge in [0.15, 0.2) is 0 Å². The van der Waals surface area contributed by atoms with Crippen LogP contribution in [-0.4, -0.2) is 20.9 Å². The lowest BCUT2D eigenvalue weighted by atomic mass is 10.1. The normalized spacial score (nSPS) is 11.4. The molecule has 1 N–H and O–H groups in total. The van der Waals surface area contributed by atoms with E-state index in [4.69, 9.17) is 0 Å². The van der Waals surface area contributed by atoms with E-state index in [1.165, 1.54) is 18.5 Å². The molecule has 3 aromatic rings. The molecular weight excluding hydrogens is 345 g/mol. The highest BCUT2D eigenvalue weighted by Crippen LogP contribution is 2.32. The molecule has 0 radical (unpaired) electrons. The maximum absolute atomic E-state index is 13.2. The molecule has 3 rings (SSSR count). The van der Waals surface area contributed by atoms with Crippen LogP contribution < -0.4 is 5.32 Å². The number of hydrogen-bond acceptors (Lipinski definition) is 3. The summed E-state index contributed by atoms with van der Waals surface area (Å²) in [5.41, 5.74) is 1.51. The Hall–Kier alpha value is -3.16. The maximum atomic E-state index is 13.2. The van der Waals surface area contributed by atoms with Crippen LogP contribution in [0.3, 0.4) is 0 Å². The van der Waals surface area contributed by atoms with Gasteiger partial charge in [-0.05, 0) is 55.3 Å². The Morgan fingerprint density at radius 2 is 1.69 bits per heavy atom. The monoisotopic (exact) mass is 360 g/mol. The van der Waals surface area contributed by atoms with Crippen molar-refractivity contribution in [2.75, 3.05) is 5.32 Å². The Labute approximate surface area is 147 Å². The molecule has 0 atom stereocenters. The van der Waals surface area contributed by atoms with E-state index in [-0.39, 0.29) is 11.4 Å². The van der Waals surface area contributed by atoms with E-state index in [0.717, 1.165) is 28.1 Å². The van der Waals surface area contributed by atoms with Gasteiger partial charge in [0.1, 0.15) is 0 Å². The van der Waals surface area contributed by atoms with E-state index >= 15 is 0 Å². The molecule has 0 aliphatic rings. The van der Waals surface area contributed by atoms with Gasteiger partial charge in [0.05, 0.1) is 23.6 Å².